The van der Waals surface area contributed by atoms with Crippen LogP contribution < -0.4 is 9.47 Å². The Morgan fingerprint density at radius 1 is 0.667 bits per heavy atom. The largest absolute Gasteiger partial charge is 0.519 e. The number of benzene rings is 4. The van der Waals surface area contributed by atoms with Gasteiger partial charge in [-0.15, -0.1) is 0 Å². The molecule has 188 valence electrons. The Balaban J connectivity index is 1.83. The van der Waals surface area contributed by atoms with Crippen molar-refractivity contribution >= 4 is 47.9 Å². The van der Waals surface area contributed by atoms with Crippen molar-refractivity contribution in [2.45, 2.75) is 36.5 Å². The highest BCUT2D eigenvalue weighted by Gasteiger charge is 2.24. The second kappa shape index (κ2) is 9.51. The van der Waals surface area contributed by atoms with E-state index >= 15 is 0 Å². The van der Waals surface area contributed by atoms with Crippen molar-refractivity contribution in [3.05, 3.63) is 71.8 Å². The van der Waals surface area contributed by atoms with Gasteiger partial charge in [-0.25, -0.2) is 4.79 Å². The van der Waals surface area contributed by atoms with Gasteiger partial charge in [-0.1, -0.05) is 62.4 Å². The predicted octanol–water partition coefficient (Wildman–Crippen LogP) is 5.19. The van der Waals surface area contributed by atoms with E-state index in [1.807, 2.05) is 0 Å². The Hall–Kier alpha value is -3.51. The molecule has 0 saturated carbocycles. The van der Waals surface area contributed by atoms with Gasteiger partial charge in [0.15, 0.2) is 0 Å². The summed E-state index contributed by atoms with van der Waals surface area (Å²) >= 11 is 0. The highest BCUT2D eigenvalue weighted by Crippen LogP contribution is 2.38. The lowest BCUT2D eigenvalue weighted by Crippen LogP contribution is -2.17. The SMILES string of the molecule is CCc1cc(S(=O)(=O)O)c2ccccc2c1OC(=O)Oc1c(CC)cc(S(=O)(=O)O)c2ccccc12. The highest BCUT2D eigenvalue weighted by molar-refractivity contribution is 7.86. The lowest BCUT2D eigenvalue weighted by Gasteiger charge is -2.17. The van der Waals surface area contributed by atoms with Crippen LogP contribution in [0.5, 0.6) is 11.5 Å². The summed E-state index contributed by atoms with van der Waals surface area (Å²) in [4.78, 5) is 12.4. The summed E-state index contributed by atoms with van der Waals surface area (Å²) in [6, 6.07) is 15.0. The van der Waals surface area contributed by atoms with Gasteiger partial charge in [0.25, 0.3) is 20.2 Å². The zero-order valence-electron chi connectivity index (χ0n) is 19.3. The third-order valence-corrected chi connectivity index (χ3v) is 7.54. The molecule has 0 aromatic heterocycles. The molecule has 0 radical (unpaired) electrons. The molecule has 0 aliphatic heterocycles. The van der Waals surface area contributed by atoms with Crippen molar-refractivity contribution in [2.24, 2.45) is 0 Å². The van der Waals surface area contributed by atoms with E-state index in [1.54, 1.807) is 50.2 Å². The average molecular weight is 531 g/mol. The number of fused-ring (bicyclic) bond motifs is 2. The molecule has 0 bridgehead atoms. The minimum absolute atomic E-state index is 0.0717. The Bertz CT molecular complexity index is 1600. The van der Waals surface area contributed by atoms with Crippen LogP contribution in [0.2, 0.25) is 0 Å². The highest BCUT2D eigenvalue weighted by atomic mass is 32.2. The number of aryl methyl sites for hydroxylation is 2. The van der Waals surface area contributed by atoms with Crippen LogP contribution >= 0.6 is 0 Å². The van der Waals surface area contributed by atoms with Crippen LogP contribution in [0.1, 0.15) is 25.0 Å². The van der Waals surface area contributed by atoms with Crippen molar-refractivity contribution in [3.63, 3.8) is 0 Å². The smallest absolute Gasteiger partial charge is 0.394 e. The molecule has 0 spiro atoms. The first-order valence-electron chi connectivity index (χ1n) is 10.9. The third-order valence-electron chi connectivity index (χ3n) is 5.76. The first-order chi connectivity index (χ1) is 17.0. The quantitative estimate of drug-likeness (QED) is 0.195. The molecule has 0 atom stereocenters. The Morgan fingerprint density at radius 2 is 1.00 bits per heavy atom. The molecule has 0 saturated heterocycles. The molecule has 0 heterocycles. The summed E-state index contributed by atoms with van der Waals surface area (Å²) in [5.41, 5.74) is 0.695. The number of ether oxygens (including phenoxy) is 2. The normalized spacial score (nSPS) is 12.1. The number of hydrogen-bond acceptors (Lipinski definition) is 7. The fraction of sp³-hybridized carbons (Fsp3) is 0.160. The van der Waals surface area contributed by atoms with E-state index in [9.17, 15) is 30.7 Å². The van der Waals surface area contributed by atoms with Gasteiger partial charge < -0.3 is 9.47 Å². The number of carbonyl (C=O) groups is 1. The molecule has 0 amide bonds. The van der Waals surface area contributed by atoms with Crippen molar-refractivity contribution < 1.29 is 40.2 Å². The Labute approximate surface area is 207 Å². The topological polar surface area (TPSA) is 144 Å². The summed E-state index contributed by atoms with van der Waals surface area (Å²) < 4.78 is 78.3. The molecule has 4 aromatic rings. The van der Waals surface area contributed by atoms with E-state index in [2.05, 4.69) is 0 Å². The van der Waals surface area contributed by atoms with Gasteiger partial charge in [0.1, 0.15) is 21.3 Å². The van der Waals surface area contributed by atoms with Gasteiger partial charge in [-0.2, -0.15) is 16.8 Å². The average Bonchev–Trinajstić information content (AvgIpc) is 2.82. The standard InChI is InChI=1S/C25H22O9S2/c1-3-15-13-21(35(27,28)29)17-9-5-7-11-19(17)23(15)33-25(26)34-24-16(4-2)14-22(36(30,31)32)18-10-6-8-12-20(18)24/h5-14H,3-4H2,1-2H3,(H,27,28,29)(H,30,31,32). The van der Waals surface area contributed by atoms with Gasteiger partial charge in [0.2, 0.25) is 0 Å². The van der Waals surface area contributed by atoms with E-state index in [0.717, 1.165) is 0 Å². The van der Waals surface area contributed by atoms with Gasteiger partial charge in [0, 0.05) is 21.5 Å². The summed E-state index contributed by atoms with van der Waals surface area (Å²) in [5.74, 6) is 0.143. The molecule has 2 N–H and O–H groups in total. The second-order valence-corrected chi connectivity index (χ2v) is 10.7. The van der Waals surface area contributed by atoms with E-state index in [0.29, 0.717) is 11.1 Å². The maximum Gasteiger partial charge on any atom is 0.519 e. The third kappa shape index (κ3) is 4.78. The molecular weight excluding hydrogens is 508 g/mol. The van der Waals surface area contributed by atoms with E-state index < -0.39 is 26.4 Å². The van der Waals surface area contributed by atoms with Crippen LogP contribution in [-0.2, 0) is 33.1 Å². The maximum atomic E-state index is 13.0. The summed E-state index contributed by atoms with van der Waals surface area (Å²) in [6.45, 7) is 3.46. The number of hydrogen-bond donors (Lipinski definition) is 2. The van der Waals surface area contributed by atoms with Crippen LogP contribution in [0.4, 0.5) is 4.79 Å². The molecular formula is C25H22O9S2. The van der Waals surface area contributed by atoms with E-state index in [4.69, 9.17) is 9.47 Å². The first kappa shape index (κ1) is 25.6. The molecule has 0 unspecified atom stereocenters. The summed E-state index contributed by atoms with van der Waals surface area (Å²) in [5, 5.41) is 0.891. The van der Waals surface area contributed by atoms with Gasteiger partial charge in [-0.3, -0.25) is 9.11 Å². The van der Waals surface area contributed by atoms with E-state index in [1.165, 1.54) is 24.3 Å². The Morgan fingerprint density at radius 3 is 1.31 bits per heavy atom. The zero-order chi connectivity index (χ0) is 26.3. The van der Waals surface area contributed by atoms with Crippen LogP contribution in [0.15, 0.2) is 70.5 Å². The fourth-order valence-electron chi connectivity index (χ4n) is 4.12. The minimum atomic E-state index is -4.55. The molecule has 4 rings (SSSR count). The minimum Gasteiger partial charge on any atom is -0.394 e. The molecule has 0 fully saturated rings. The van der Waals surface area contributed by atoms with Gasteiger partial charge in [-0.05, 0) is 36.1 Å². The lowest BCUT2D eigenvalue weighted by molar-refractivity contribution is 0.152. The molecule has 0 aliphatic rings. The molecule has 0 aliphatic carbocycles. The lowest BCUT2D eigenvalue weighted by atomic mass is 10.0. The van der Waals surface area contributed by atoms with Crippen LogP contribution in [0.3, 0.4) is 0 Å². The molecule has 4 aromatic carbocycles. The number of rotatable bonds is 6. The number of carbonyl (C=O) groups excluding carboxylic acids is 1. The predicted molar refractivity (Wildman–Crippen MR) is 133 cm³/mol. The summed E-state index contributed by atoms with van der Waals surface area (Å²) in [7, 11) is -9.09. The molecule has 36 heavy (non-hydrogen) atoms. The zero-order valence-corrected chi connectivity index (χ0v) is 20.9. The fourth-order valence-corrected chi connectivity index (χ4v) is 5.62. The van der Waals surface area contributed by atoms with Crippen molar-refractivity contribution in [1.29, 1.82) is 0 Å². The monoisotopic (exact) mass is 530 g/mol. The van der Waals surface area contributed by atoms with Crippen molar-refractivity contribution in [2.75, 3.05) is 0 Å². The van der Waals surface area contributed by atoms with Gasteiger partial charge >= 0.3 is 6.16 Å². The maximum absolute atomic E-state index is 13.0. The van der Waals surface area contributed by atoms with Crippen LogP contribution in [0, 0.1) is 0 Å². The molecule has 9 nitrogen and oxygen atoms in total. The second-order valence-electron chi connectivity index (χ2n) is 7.93. The van der Waals surface area contributed by atoms with Crippen LogP contribution in [0.25, 0.3) is 21.5 Å². The first-order valence-corrected chi connectivity index (χ1v) is 13.8. The van der Waals surface area contributed by atoms with Crippen molar-refractivity contribution in [3.8, 4) is 11.5 Å². The van der Waals surface area contributed by atoms with Crippen LogP contribution in [-0.4, -0.2) is 32.1 Å². The summed E-state index contributed by atoms with van der Waals surface area (Å²) in [6.07, 6.45) is -0.571. The van der Waals surface area contributed by atoms with Gasteiger partial charge in [0.05, 0.1) is 0 Å². The van der Waals surface area contributed by atoms with Crippen molar-refractivity contribution in [1.82, 2.24) is 0 Å². The van der Waals surface area contributed by atoms with E-state index in [-0.39, 0.29) is 55.7 Å². The Kier molecular flexibility index (Phi) is 6.76. The molecule has 11 heteroatoms.